The number of halogens is 1. The Bertz CT molecular complexity index is 429. The number of likely N-dealkylation sites (N-methyl/N-ethyl adjacent to an activating group) is 1. The molecule has 0 spiro atoms. The van der Waals surface area contributed by atoms with Crippen molar-refractivity contribution in [3.63, 3.8) is 0 Å². The second-order valence-electron chi connectivity index (χ2n) is 4.95. The standard InChI is InChI=1S/C15H20FNO3/c1-17(15(18)12-6-9-19-10-7-12)8-11-20-14-4-2-13(16)3-5-14/h2-5,12H,6-11H2,1H3. The number of ether oxygens (including phenoxy) is 2. The van der Waals surface area contributed by atoms with Crippen LogP contribution in [0.25, 0.3) is 0 Å². The van der Waals surface area contributed by atoms with Crippen LogP contribution in [0.1, 0.15) is 12.8 Å². The maximum absolute atomic E-state index is 12.7. The first-order chi connectivity index (χ1) is 9.66. The molecule has 1 heterocycles. The maximum Gasteiger partial charge on any atom is 0.225 e. The summed E-state index contributed by atoms with van der Waals surface area (Å²) in [5, 5.41) is 0. The highest BCUT2D eigenvalue weighted by Gasteiger charge is 2.24. The molecule has 0 aromatic heterocycles. The number of rotatable bonds is 5. The topological polar surface area (TPSA) is 38.8 Å². The van der Waals surface area contributed by atoms with Crippen LogP contribution in [0.5, 0.6) is 5.75 Å². The van der Waals surface area contributed by atoms with E-state index in [-0.39, 0.29) is 17.6 Å². The van der Waals surface area contributed by atoms with Crippen molar-refractivity contribution in [1.29, 1.82) is 0 Å². The van der Waals surface area contributed by atoms with E-state index < -0.39 is 0 Å². The normalized spacial score (nSPS) is 15.9. The van der Waals surface area contributed by atoms with Gasteiger partial charge in [-0.3, -0.25) is 4.79 Å². The van der Waals surface area contributed by atoms with E-state index >= 15 is 0 Å². The average Bonchev–Trinajstić information content (AvgIpc) is 2.49. The van der Waals surface area contributed by atoms with Crippen LogP contribution in [0, 0.1) is 11.7 Å². The van der Waals surface area contributed by atoms with Crippen molar-refractivity contribution in [2.45, 2.75) is 12.8 Å². The van der Waals surface area contributed by atoms with Crippen molar-refractivity contribution >= 4 is 5.91 Å². The lowest BCUT2D eigenvalue weighted by Crippen LogP contribution is -2.38. The van der Waals surface area contributed by atoms with E-state index in [0.29, 0.717) is 32.1 Å². The molecule has 0 atom stereocenters. The first-order valence-corrected chi connectivity index (χ1v) is 6.88. The second kappa shape index (κ2) is 7.24. The van der Waals surface area contributed by atoms with Crippen molar-refractivity contribution < 1.29 is 18.7 Å². The van der Waals surface area contributed by atoms with Crippen LogP contribution in [-0.2, 0) is 9.53 Å². The van der Waals surface area contributed by atoms with E-state index in [1.54, 1.807) is 24.1 Å². The Balaban J connectivity index is 1.72. The summed E-state index contributed by atoms with van der Waals surface area (Å²) < 4.78 is 23.5. The predicted molar refractivity (Wildman–Crippen MR) is 73.1 cm³/mol. The Morgan fingerprint density at radius 1 is 1.35 bits per heavy atom. The fourth-order valence-corrected chi connectivity index (χ4v) is 2.20. The molecule has 110 valence electrons. The zero-order valence-corrected chi connectivity index (χ0v) is 11.7. The molecule has 1 aromatic carbocycles. The third-order valence-corrected chi connectivity index (χ3v) is 3.46. The second-order valence-corrected chi connectivity index (χ2v) is 4.95. The third kappa shape index (κ3) is 4.20. The SMILES string of the molecule is CN(CCOc1ccc(F)cc1)C(=O)C1CCOCC1. The van der Waals surface area contributed by atoms with Crippen LogP contribution in [0.15, 0.2) is 24.3 Å². The van der Waals surface area contributed by atoms with Gasteiger partial charge in [0.2, 0.25) is 5.91 Å². The van der Waals surface area contributed by atoms with E-state index in [1.165, 1.54) is 12.1 Å². The quantitative estimate of drug-likeness (QED) is 0.829. The summed E-state index contributed by atoms with van der Waals surface area (Å²) in [6.07, 6.45) is 1.59. The lowest BCUT2D eigenvalue weighted by Gasteiger charge is -2.26. The summed E-state index contributed by atoms with van der Waals surface area (Å²) in [5.41, 5.74) is 0. The van der Waals surface area contributed by atoms with Crippen LogP contribution in [0.2, 0.25) is 0 Å². The van der Waals surface area contributed by atoms with Crippen LogP contribution >= 0.6 is 0 Å². The zero-order valence-electron chi connectivity index (χ0n) is 11.7. The monoisotopic (exact) mass is 281 g/mol. The molecular formula is C15H20FNO3. The predicted octanol–water partition coefficient (Wildman–Crippen LogP) is 2.09. The van der Waals surface area contributed by atoms with Gasteiger partial charge >= 0.3 is 0 Å². The molecule has 1 aliphatic heterocycles. The molecule has 1 saturated heterocycles. The molecule has 1 amide bonds. The van der Waals surface area contributed by atoms with E-state index in [1.807, 2.05) is 0 Å². The summed E-state index contributed by atoms with van der Waals surface area (Å²) in [4.78, 5) is 13.8. The minimum absolute atomic E-state index is 0.0690. The first-order valence-electron chi connectivity index (χ1n) is 6.88. The molecule has 0 N–H and O–H groups in total. The van der Waals surface area contributed by atoms with Gasteiger partial charge in [0.15, 0.2) is 0 Å². The van der Waals surface area contributed by atoms with Crippen molar-refractivity contribution in [2.24, 2.45) is 5.92 Å². The zero-order chi connectivity index (χ0) is 14.4. The van der Waals surface area contributed by atoms with Crippen LogP contribution in [0.4, 0.5) is 4.39 Å². The Kier molecular flexibility index (Phi) is 5.35. The Labute approximate surface area is 118 Å². The fraction of sp³-hybridized carbons (Fsp3) is 0.533. The molecule has 4 nitrogen and oxygen atoms in total. The number of amides is 1. The summed E-state index contributed by atoms with van der Waals surface area (Å²) in [5.74, 6) is 0.540. The van der Waals surface area contributed by atoms with Crippen molar-refractivity contribution in [3.05, 3.63) is 30.1 Å². The minimum Gasteiger partial charge on any atom is -0.492 e. The number of hydrogen-bond donors (Lipinski definition) is 0. The van der Waals surface area contributed by atoms with Gasteiger partial charge in [-0.1, -0.05) is 0 Å². The number of carbonyl (C=O) groups excluding carboxylic acids is 1. The number of carbonyl (C=O) groups is 1. The smallest absolute Gasteiger partial charge is 0.225 e. The molecule has 1 aromatic rings. The van der Waals surface area contributed by atoms with E-state index in [4.69, 9.17) is 9.47 Å². The number of hydrogen-bond acceptors (Lipinski definition) is 3. The number of benzene rings is 1. The van der Waals surface area contributed by atoms with Gasteiger partial charge in [0.05, 0.1) is 6.54 Å². The largest absolute Gasteiger partial charge is 0.492 e. The molecule has 20 heavy (non-hydrogen) atoms. The van der Waals surface area contributed by atoms with E-state index in [2.05, 4.69) is 0 Å². The third-order valence-electron chi connectivity index (χ3n) is 3.46. The molecule has 1 fully saturated rings. The Morgan fingerprint density at radius 2 is 2.00 bits per heavy atom. The maximum atomic E-state index is 12.7. The van der Waals surface area contributed by atoms with Gasteiger partial charge in [-0.05, 0) is 37.1 Å². The van der Waals surface area contributed by atoms with Crippen molar-refractivity contribution in [2.75, 3.05) is 33.4 Å². The van der Waals surface area contributed by atoms with E-state index in [9.17, 15) is 9.18 Å². The first kappa shape index (κ1) is 14.8. The molecule has 1 aliphatic rings. The molecule has 5 heteroatoms. The molecule has 0 saturated carbocycles. The van der Waals surface area contributed by atoms with Gasteiger partial charge in [-0.25, -0.2) is 4.39 Å². The molecule has 2 rings (SSSR count). The Morgan fingerprint density at radius 3 is 2.65 bits per heavy atom. The van der Waals surface area contributed by atoms with Gasteiger partial charge in [-0.15, -0.1) is 0 Å². The van der Waals surface area contributed by atoms with Crippen LogP contribution < -0.4 is 4.74 Å². The highest BCUT2D eigenvalue weighted by molar-refractivity contribution is 5.78. The average molecular weight is 281 g/mol. The number of nitrogens with zero attached hydrogens (tertiary/aromatic N) is 1. The summed E-state index contributed by atoms with van der Waals surface area (Å²) in [6.45, 7) is 2.25. The molecule has 0 aliphatic carbocycles. The van der Waals surface area contributed by atoms with Crippen LogP contribution in [-0.4, -0.2) is 44.2 Å². The minimum atomic E-state index is -0.288. The van der Waals surface area contributed by atoms with Crippen molar-refractivity contribution in [1.82, 2.24) is 4.90 Å². The van der Waals surface area contributed by atoms with Gasteiger partial charge in [0.1, 0.15) is 18.2 Å². The molecule has 0 unspecified atom stereocenters. The molecule has 0 bridgehead atoms. The lowest BCUT2D eigenvalue weighted by molar-refractivity contribution is -0.137. The fourth-order valence-electron chi connectivity index (χ4n) is 2.20. The van der Waals surface area contributed by atoms with Crippen molar-refractivity contribution in [3.8, 4) is 5.75 Å². The molecular weight excluding hydrogens is 261 g/mol. The molecule has 0 radical (unpaired) electrons. The summed E-state index contributed by atoms with van der Waals surface area (Å²) >= 11 is 0. The Hall–Kier alpha value is -1.62. The van der Waals surface area contributed by atoms with E-state index in [0.717, 1.165) is 12.8 Å². The summed E-state index contributed by atoms with van der Waals surface area (Å²) in [6, 6.07) is 5.86. The van der Waals surface area contributed by atoms with Gasteiger partial charge in [0.25, 0.3) is 0 Å². The lowest BCUT2D eigenvalue weighted by atomic mass is 9.99. The van der Waals surface area contributed by atoms with Gasteiger partial charge in [-0.2, -0.15) is 0 Å². The summed E-state index contributed by atoms with van der Waals surface area (Å²) in [7, 11) is 1.78. The van der Waals surface area contributed by atoms with Gasteiger partial charge in [0, 0.05) is 26.2 Å². The van der Waals surface area contributed by atoms with Gasteiger partial charge < -0.3 is 14.4 Å². The van der Waals surface area contributed by atoms with Crippen LogP contribution in [0.3, 0.4) is 0 Å². The highest BCUT2D eigenvalue weighted by Crippen LogP contribution is 2.17. The highest BCUT2D eigenvalue weighted by atomic mass is 19.1.